The summed E-state index contributed by atoms with van der Waals surface area (Å²) in [5.41, 5.74) is 0. The van der Waals surface area contributed by atoms with E-state index in [0.29, 0.717) is 30.6 Å². The zero-order valence-electron chi connectivity index (χ0n) is 15.7. The summed E-state index contributed by atoms with van der Waals surface area (Å²) in [5.74, 6) is 3.42. The van der Waals surface area contributed by atoms with Gasteiger partial charge in [-0.25, -0.2) is 8.42 Å². The third-order valence-electron chi connectivity index (χ3n) is 6.13. The lowest BCUT2D eigenvalue weighted by molar-refractivity contribution is 0.150. The van der Waals surface area contributed by atoms with Crippen LogP contribution < -0.4 is 10.6 Å². The molecular weight excluding hydrogens is 461 g/mol. The van der Waals surface area contributed by atoms with Gasteiger partial charge in [0.05, 0.1) is 11.5 Å². The number of halogens is 1. The predicted molar refractivity (Wildman–Crippen MR) is 119 cm³/mol. The second kappa shape index (κ2) is 10.3. The van der Waals surface area contributed by atoms with Gasteiger partial charge in [-0.2, -0.15) is 0 Å². The number of guanidine groups is 1. The Labute approximate surface area is 175 Å². The van der Waals surface area contributed by atoms with Crippen LogP contribution in [0.1, 0.15) is 51.4 Å². The molecule has 2 saturated carbocycles. The molecule has 7 heteroatoms. The first-order valence-electron chi connectivity index (χ1n) is 9.92. The maximum atomic E-state index is 11.6. The summed E-state index contributed by atoms with van der Waals surface area (Å²) in [5, 5.41) is 6.91. The smallest absolute Gasteiger partial charge is 0.191 e. The van der Waals surface area contributed by atoms with Crippen molar-refractivity contribution in [3.8, 4) is 0 Å². The summed E-state index contributed by atoms with van der Waals surface area (Å²) in [7, 11) is -2.83. The van der Waals surface area contributed by atoms with E-state index in [9.17, 15) is 8.42 Å². The molecule has 4 unspecified atom stereocenters. The summed E-state index contributed by atoms with van der Waals surface area (Å²) in [6.07, 6.45) is 12.0. The van der Waals surface area contributed by atoms with Crippen LogP contribution in [0.25, 0.3) is 0 Å². The normalized spacial score (nSPS) is 33.6. The lowest BCUT2D eigenvalue weighted by Crippen LogP contribution is -2.47. The number of hydrogen-bond donors (Lipinski definition) is 2. The highest BCUT2D eigenvalue weighted by molar-refractivity contribution is 14.0. The summed E-state index contributed by atoms with van der Waals surface area (Å²) in [4.78, 5) is 4.69. The van der Waals surface area contributed by atoms with Crippen molar-refractivity contribution < 1.29 is 8.42 Å². The van der Waals surface area contributed by atoms with Gasteiger partial charge in [0.2, 0.25) is 0 Å². The Morgan fingerprint density at radius 1 is 1.12 bits per heavy atom. The predicted octanol–water partition coefficient (Wildman–Crippen LogP) is 3.12. The largest absolute Gasteiger partial charge is 0.354 e. The summed E-state index contributed by atoms with van der Waals surface area (Å²) in [6, 6.07) is 0.489. The number of rotatable bonds is 5. The first-order valence-corrected chi connectivity index (χ1v) is 11.7. The molecule has 2 N–H and O–H groups in total. The molecule has 3 aliphatic rings. The van der Waals surface area contributed by atoms with Crippen molar-refractivity contribution in [1.29, 1.82) is 0 Å². The van der Waals surface area contributed by atoms with Crippen LogP contribution in [-0.4, -0.2) is 45.0 Å². The van der Waals surface area contributed by atoms with E-state index in [0.717, 1.165) is 24.2 Å². The van der Waals surface area contributed by atoms with Crippen molar-refractivity contribution >= 4 is 39.8 Å². The molecule has 0 amide bonds. The fourth-order valence-electron chi connectivity index (χ4n) is 4.76. The summed E-state index contributed by atoms with van der Waals surface area (Å²) in [6.45, 7) is 5.03. The standard InChI is InChI=1S/C19H33N3O2S.HI/c1-2-10-20-19(21-13-15-9-11-25(23,24)14-15)22-18-8-7-16-5-3-4-6-17(16)12-18;/h2,15-18H,1,3-14H2,(H2,20,21,22);1H. The molecule has 3 rings (SSSR count). The Morgan fingerprint density at radius 2 is 1.88 bits per heavy atom. The molecule has 1 aliphatic heterocycles. The Bertz CT molecular complexity index is 594. The maximum Gasteiger partial charge on any atom is 0.191 e. The van der Waals surface area contributed by atoms with Gasteiger partial charge < -0.3 is 10.6 Å². The first kappa shape index (κ1) is 22.0. The zero-order valence-corrected chi connectivity index (χ0v) is 18.8. The minimum atomic E-state index is -2.83. The van der Waals surface area contributed by atoms with Crippen molar-refractivity contribution in [2.24, 2.45) is 22.7 Å². The maximum absolute atomic E-state index is 11.6. The Hall–Kier alpha value is -0.310. The van der Waals surface area contributed by atoms with Gasteiger partial charge in [0, 0.05) is 19.1 Å². The Morgan fingerprint density at radius 3 is 2.58 bits per heavy atom. The van der Waals surface area contributed by atoms with Crippen LogP contribution in [0.4, 0.5) is 0 Å². The first-order chi connectivity index (χ1) is 12.1. The highest BCUT2D eigenvalue weighted by Crippen LogP contribution is 2.40. The molecule has 0 aromatic rings. The lowest BCUT2D eigenvalue weighted by atomic mass is 9.69. The van der Waals surface area contributed by atoms with Gasteiger partial charge in [-0.3, -0.25) is 4.99 Å². The van der Waals surface area contributed by atoms with Crippen LogP contribution in [-0.2, 0) is 9.84 Å². The summed E-state index contributed by atoms with van der Waals surface area (Å²) >= 11 is 0. The number of nitrogens with zero attached hydrogens (tertiary/aromatic N) is 1. The minimum absolute atomic E-state index is 0. The van der Waals surface area contributed by atoms with E-state index in [1.807, 2.05) is 6.08 Å². The monoisotopic (exact) mass is 495 g/mol. The highest BCUT2D eigenvalue weighted by Gasteiger charge is 2.32. The van der Waals surface area contributed by atoms with E-state index in [1.165, 1.54) is 44.9 Å². The molecule has 0 spiro atoms. The third-order valence-corrected chi connectivity index (χ3v) is 7.97. The number of aliphatic imine (C=N–C) groups is 1. The fraction of sp³-hybridized carbons (Fsp3) is 0.842. The molecule has 26 heavy (non-hydrogen) atoms. The third kappa shape index (κ3) is 6.39. The molecule has 1 heterocycles. The van der Waals surface area contributed by atoms with Gasteiger partial charge in [-0.05, 0) is 43.4 Å². The van der Waals surface area contributed by atoms with Crippen molar-refractivity contribution in [2.45, 2.75) is 57.4 Å². The van der Waals surface area contributed by atoms with Crippen molar-refractivity contribution in [1.82, 2.24) is 10.6 Å². The van der Waals surface area contributed by atoms with Gasteiger partial charge in [-0.1, -0.05) is 31.8 Å². The van der Waals surface area contributed by atoms with E-state index in [1.54, 1.807) is 0 Å². The van der Waals surface area contributed by atoms with Gasteiger partial charge in [0.1, 0.15) is 0 Å². The zero-order chi connectivity index (χ0) is 17.7. The quantitative estimate of drug-likeness (QED) is 0.266. The van der Waals surface area contributed by atoms with E-state index in [-0.39, 0.29) is 29.9 Å². The van der Waals surface area contributed by atoms with E-state index >= 15 is 0 Å². The highest BCUT2D eigenvalue weighted by atomic mass is 127. The van der Waals surface area contributed by atoms with E-state index < -0.39 is 9.84 Å². The molecule has 0 aromatic heterocycles. The topological polar surface area (TPSA) is 70.6 Å². The van der Waals surface area contributed by atoms with Gasteiger partial charge in [0.15, 0.2) is 15.8 Å². The molecule has 3 fully saturated rings. The molecular formula is C19H34IN3O2S. The van der Waals surface area contributed by atoms with Crippen molar-refractivity contribution in [3.63, 3.8) is 0 Å². The molecule has 5 nitrogen and oxygen atoms in total. The van der Waals surface area contributed by atoms with Crippen LogP contribution >= 0.6 is 24.0 Å². The molecule has 4 atom stereocenters. The summed E-state index contributed by atoms with van der Waals surface area (Å²) < 4.78 is 23.2. The molecule has 0 aromatic carbocycles. The van der Waals surface area contributed by atoms with Crippen LogP contribution in [0.5, 0.6) is 0 Å². The number of fused-ring (bicyclic) bond motifs is 1. The Balaban J connectivity index is 0.00000243. The van der Waals surface area contributed by atoms with Crippen LogP contribution in [0.3, 0.4) is 0 Å². The molecule has 1 saturated heterocycles. The van der Waals surface area contributed by atoms with Crippen molar-refractivity contribution in [2.75, 3.05) is 24.6 Å². The molecule has 0 bridgehead atoms. The van der Waals surface area contributed by atoms with Crippen LogP contribution in [0, 0.1) is 17.8 Å². The lowest BCUT2D eigenvalue weighted by Gasteiger charge is -2.39. The average molecular weight is 495 g/mol. The number of nitrogens with one attached hydrogen (secondary N) is 2. The Kier molecular flexibility index (Phi) is 8.70. The average Bonchev–Trinajstić information content (AvgIpc) is 2.96. The second-order valence-electron chi connectivity index (χ2n) is 8.09. The molecule has 2 aliphatic carbocycles. The second-order valence-corrected chi connectivity index (χ2v) is 10.3. The fourth-order valence-corrected chi connectivity index (χ4v) is 6.61. The minimum Gasteiger partial charge on any atom is -0.354 e. The van der Waals surface area contributed by atoms with Gasteiger partial charge in [0.25, 0.3) is 0 Å². The van der Waals surface area contributed by atoms with Crippen molar-refractivity contribution in [3.05, 3.63) is 12.7 Å². The molecule has 0 radical (unpaired) electrons. The number of sulfone groups is 1. The molecule has 150 valence electrons. The number of hydrogen-bond acceptors (Lipinski definition) is 3. The SMILES string of the molecule is C=CCNC(=NCC1CCS(=O)(=O)C1)NC1CCC2CCCCC2C1.I. The van der Waals surface area contributed by atoms with E-state index in [2.05, 4.69) is 22.2 Å². The van der Waals surface area contributed by atoms with Crippen LogP contribution in [0.2, 0.25) is 0 Å². The van der Waals surface area contributed by atoms with E-state index in [4.69, 9.17) is 0 Å². The van der Waals surface area contributed by atoms with Crippen LogP contribution in [0.15, 0.2) is 17.6 Å². The van der Waals surface area contributed by atoms with Gasteiger partial charge >= 0.3 is 0 Å². The van der Waals surface area contributed by atoms with Gasteiger partial charge in [-0.15, -0.1) is 30.6 Å².